The van der Waals surface area contributed by atoms with Gasteiger partial charge in [-0.15, -0.1) is 0 Å². The molecule has 1 saturated heterocycles. The van der Waals surface area contributed by atoms with Gasteiger partial charge in [-0.05, 0) is 24.1 Å². The van der Waals surface area contributed by atoms with Gasteiger partial charge in [0.1, 0.15) is 11.9 Å². The Morgan fingerprint density at radius 3 is 2.78 bits per heavy atom. The lowest BCUT2D eigenvalue weighted by Crippen LogP contribution is -2.14. The molecule has 0 saturated carbocycles. The Kier molecular flexibility index (Phi) is 4.99. The van der Waals surface area contributed by atoms with Gasteiger partial charge in [0.25, 0.3) is 0 Å². The number of rotatable bonds is 6. The zero-order valence-electron chi connectivity index (χ0n) is 10.7. The molecule has 1 aliphatic heterocycles. The Morgan fingerprint density at radius 2 is 2.17 bits per heavy atom. The van der Waals surface area contributed by atoms with Gasteiger partial charge < -0.3 is 19.3 Å². The van der Waals surface area contributed by atoms with Gasteiger partial charge in [0, 0.05) is 12.5 Å². The van der Waals surface area contributed by atoms with Crippen molar-refractivity contribution in [3.63, 3.8) is 0 Å². The van der Waals surface area contributed by atoms with Crippen LogP contribution >= 0.6 is 0 Å². The number of hydrogen-bond acceptors (Lipinski definition) is 4. The average molecular weight is 252 g/mol. The summed E-state index contributed by atoms with van der Waals surface area (Å²) in [6.07, 6.45) is 0.469. The minimum atomic E-state index is -0.585. The second kappa shape index (κ2) is 6.73. The quantitative estimate of drug-likeness (QED) is 0.838. The topological polar surface area (TPSA) is 47.9 Å². The van der Waals surface area contributed by atoms with Crippen LogP contribution in [0.5, 0.6) is 5.75 Å². The van der Waals surface area contributed by atoms with Crippen LogP contribution in [0.25, 0.3) is 0 Å². The van der Waals surface area contributed by atoms with E-state index in [0.29, 0.717) is 19.1 Å². The number of aliphatic hydroxyl groups is 1. The molecule has 18 heavy (non-hydrogen) atoms. The summed E-state index contributed by atoms with van der Waals surface area (Å²) in [7, 11) is 1.62. The van der Waals surface area contributed by atoms with Crippen LogP contribution in [0.1, 0.15) is 18.1 Å². The van der Waals surface area contributed by atoms with E-state index in [0.717, 1.165) is 30.9 Å². The number of benzene rings is 1. The molecule has 0 amide bonds. The van der Waals surface area contributed by atoms with E-state index in [1.165, 1.54) is 0 Å². The van der Waals surface area contributed by atoms with Crippen LogP contribution in [0.4, 0.5) is 0 Å². The molecule has 1 fully saturated rings. The molecule has 0 spiro atoms. The third-order valence-corrected chi connectivity index (χ3v) is 3.15. The second-order valence-electron chi connectivity index (χ2n) is 4.56. The van der Waals surface area contributed by atoms with E-state index in [4.69, 9.17) is 14.2 Å². The van der Waals surface area contributed by atoms with Crippen molar-refractivity contribution in [2.45, 2.75) is 12.5 Å². The first-order valence-corrected chi connectivity index (χ1v) is 6.27. The predicted octanol–water partition coefficient (Wildman–Crippen LogP) is 1.78. The fourth-order valence-electron chi connectivity index (χ4n) is 1.98. The number of methoxy groups -OCH3 is 1. The molecule has 2 rings (SSSR count). The molecule has 2 unspecified atom stereocenters. The first-order chi connectivity index (χ1) is 8.79. The minimum Gasteiger partial charge on any atom is -0.497 e. The maximum Gasteiger partial charge on any atom is 0.118 e. The maximum atomic E-state index is 9.96. The molecule has 0 aromatic heterocycles. The highest BCUT2D eigenvalue weighted by Crippen LogP contribution is 2.19. The Hall–Kier alpha value is -1.10. The first-order valence-electron chi connectivity index (χ1n) is 6.27. The van der Waals surface area contributed by atoms with E-state index in [1.54, 1.807) is 7.11 Å². The van der Waals surface area contributed by atoms with Crippen molar-refractivity contribution >= 4 is 0 Å². The van der Waals surface area contributed by atoms with E-state index >= 15 is 0 Å². The van der Waals surface area contributed by atoms with Crippen molar-refractivity contribution in [3.8, 4) is 5.75 Å². The third kappa shape index (κ3) is 3.70. The van der Waals surface area contributed by atoms with Crippen molar-refractivity contribution < 1.29 is 19.3 Å². The maximum absolute atomic E-state index is 9.96. The first kappa shape index (κ1) is 13.3. The van der Waals surface area contributed by atoms with Crippen LogP contribution < -0.4 is 4.74 Å². The lowest BCUT2D eigenvalue weighted by Gasteiger charge is -2.14. The van der Waals surface area contributed by atoms with Gasteiger partial charge in [0.05, 0.1) is 26.9 Å². The number of hydrogen-bond donors (Lipinski definition) is 1. The zero-order chi connectivity index (χ0) is 12.8. The van der Waals surface area contributed by atoms with Gasteiger partial charge in [0.2, 0.25) is 0 Å². The Balaban J connectivity index is 1.74. The third-order valence-electron chi connectivity index (χ3n) is 3.15. The summed E-state index contributed by atoms with van der Waals surface area (Å²) in [5.74, 6) is 1.27. The standard InChI is InChI=1S/C14H20O4/c1-16-13-4-2-12(3-5-13)14(15)10-18-9-11-6-7-17-8-11/h2-5,11,14-15H,6-10H2,1H3. The molecule has 1 aromatic rings. The summed E-state index contributed by atoms with van der Waals surface area (Å²) in [6, 6.07) is 7.38. The van der Waals surface area contributed by atoms with Crippen LogP contribution in [-0.2, 0) is 9.47 Å². The van der Waals surface area contributed by atoms with Crippen LogP contribution in [0.2, 0.25) is 0 Å². The Labute approximate surface area is 107 Å². The largest absolute Gasteiger partial charge is 0.497 e. The fourth-order valence-corrected chi connectivity index (χ4v) is 1.98. The summed E-state index contributed by atoms with van der Waals surface area (Å²) in [6.45, 7) is 2.59. The Morgan fingerprint density at radius 1 is 1.39 bits per heavy atom. The van der Waals surface area contributed by atoms with Gasteiger partial charge in [0.15, 0.2) is 0 Å². The normalized spacial score (nSPS) is 20.9. The summed E-state index contributed by atoms with van der Waals surface area (Å²) in [5.41, 5.74) is 0.846. The minimum absolute atomic E-state index is 0.322. The summed E-state index contributed by atoms with van der Waals surface area (Å²) in [5, 5.41) is 9.96. The van der Waals surface area contributed by atoms with E-state index in [9.17, 15) is 5.11 Å². The van der Waals surface area contributed by atoms with E-state index in [1.807, 2.05) is 24.3 Å². The SMILES string of the molecule is COc1ccc(C(O)COCC2CCOC2)cc1. The zero-order valence-corrected chi connectivity index (χ0v) is 10.7. The molecule has 2 atom stereocenters. The molecule has 4 heteroatoms. The van der Waals surface area contributed by atoms with E-state index in [2.05, 4.69) is 0 Å². The molecule has 0 radical (unpaired) electrons. The molecule has 1 N–H and O–H groups in total. The van der Waals surface area contributed by atoms with Crippen molar-refractivity contribution in [1.29, 1.82) is 0 Å². The highest BCUT2D eigenvalue weighted by Gasteiger charge is 2.16. The highest BCUT2D eigenvalue weighted by molar-refractivity contribution is 5.28. The van der Waals surface area contributed by atoms with Crippen LogP contribution in [0.15, 0.2) is 24.3 Å². The molecular weight excluding hydrogens is 232 g/mol. The smallest absolute Gasteiger partial charge is 0.118 e. The summed E-state index contributed by atoms with van der Waals surface area (Å²) in [4.78, 5) is 0. The lowest BCUT2D eigenvalue weighted by atomic mass is 10.1. The van der Waals surface area contributed by atoms with Crippen molar-refractivity contribution in [2.24, 2.45) is 5.92 Å². The Bertz CT molecular complexity index is 343. The summed E-state index contributed by atoms with van der Waals surface area (Å²) < 4.78 is 15.9. The molecule has 1 aliphatic rings. The second-order valence-corrected chi connectivity index (χ2v) is 4.56. The lowest BCUT2D eigenvalue weighted by molar-refractivity contribution is 0.0185. The molecule has 100 valence electrons. The van der Waals surface area contributed by atoms with Crippen LogP contribution in [-0.4, -0.2) is 38.6 Å². The van der Waals surface area contributed by atoms with Crippen LogP contribution in [0, 0.1) is 5.92 Å². The van der Waals surface area contributed by atoms with Gasteiger partial charge in [-0.3, -0.25) is 0 Å². The fraction of sp³-hybridized carbons (Fsp3) is 0.571. The van der Waals surface area contributed by atoms with Crippen molar-refractivity contribution in [1.82, 2.24) is 0 Å². The number of aliphatic hydroxyl groups excluding tert-OH is 1. The molecular formula is C14H20O4. The monoisotopic (exact) mass is 252 g/mol. The highest BCUT2D eigenvalue weighted by atomic mass is 16.5. The molecule has 0 aliphatic carbocycles. The van der Waals surface area contributed by atoms with Crippen LogP contribution in [0.3, 0.4) is 0 Å². The predicted molar refractivity (Wildman–Crippen MR) is 67.7 cm³/mol. The molecule has 0 bridgehead atoms. The van der Waals surface area contributed by atoms with Crippen molar-refractivity contribution in [3.05, 3.63) is 29.8 Å². The van der Waals surface area contributed by atoms with Crippen molar-refractivity contribution in [2.75, 3.05) is 33.5 Å². The van der Waals surface area contributed by atoms with Gasteiger partial charge in [-0.25, -0.2) is 0 Å². The average Bonchev–Trinajstić information content (AvgIpc) is 2.92. The number of ether oxygens (including phenoxy) is 3. The van der Waals surface area contributed by atoms with Gasteiger partial charge in [-0.1, -0.05) is 12.1 Å². The molecule has 4 nitrogen and oxygen atoms in total. The van der Waals surface area contributed by atoms with Gasteiger partial charge >= 0.3 is 0 Å². The molecule has 1 aromatic carbocycles. The summed E-state index contributed by atoms with van der Waals surface area (Å²) >= 11 is 0. The molecule has 1 heterocycles. The van der Waals surface area contributed by atoms with E-state index in [-0.39, 0.29) is 0 Å². The van der Waals surface area contributed by atoms with E-state index < -0.39 is 6.10 Å². The van der Waals surface area contributed by atoms with Gasteiger partial charge in [-0.2, -0.15) is 0 Å².